The third-order valence-corrected chi connectivity index (χ3v) is 4.60. The zero-order chi connectivity index (χ0) is 17.4. The quantitative estimate of drug-likeness (QED) is 0.781. The van der Waals surface area contributed by atoms with E-state index in [0.717, 1.165) is 10.5 Å². The van der Waals surface area contributed by atoms with Gasteiger partial charge in [0.1, 0.15) is 10.7 Å². The van der Waals surface area contributed by atoms with E-state index < -0.39 is 11.8 Å². The standard InChI is InChI=1S/C17H11Cl3N2O2/c1-9-2-5-11(6-3-9)22-16(23)14(20)15(17(22)24)21-10-4-7-12(18)13(19)8-10/h2-8,21H,1H3. The van der Waals surface area contributed by atoms with Crippen molar-refractivity contribution in [1.82, 2.24) is 0 Å². The minimum atomic E-state index is -0.576. The molecular formula is C17H11Cl3N2O2. The van der Waals surface area contributed by atoms with Gasteiger partial charge in [-0.05, 0) is 37.3 Å². The van der Waals surface area contributed by atoms with Gasteiger partial charge < -0.3 is 5.32 Å². The average Bonchev–Trinajstić information content (AvgIpc) is 2.76. The molecule has 3 rings (SSSR count). The molecule has 1 aliphatic heterocycles. The van der Waals surface area contributed by atoms with Crippen molar-refractivity contribution in [3.8, 4) is 0 Å². The highest BCUT2D eigenvalue weighted by Crippen LogP contribution is 2.31. The number of rotatable bonds is 3. The highest BCUT2D eigenvalue weighted by Gasteiger charge is 2.38. The summed E-state index contributed by atoms with van der Waals surface area (Å²) in [5, 5.41) is 3.38. The van der Waals surface area contributed by atoms with Crippen LogP contribution in [0.3, 0.4) is 0 Å². The molecule has 1 heterocycles. The summed E-state index contributed by atoms with van der Waals surface area (Å²) < 4.78 is 0. The monoisotopic (exact) mass is 380 g/mol. The van der Waals surface area contributed by atoms with E-state index in [9.17, 15) is 9.59 Å². The maximum absolute atomic E-state index is 12.6. The third-order valence-electron chi connectivity index (χ3n) is 3.51. The van der Waals surface area contributed by atoms with Gasteiger partial charge in [-0.25, -0.2) is 4.90 Å². The number of amides is 2. The Labute approximate surface area is 153 Å². The van der Waals surface area contributed by atoms with Crippen LogP contribution in [-0.4, -0.2) is 11.8 Å². The van der Waals surface area contributed by atoms with Gasteiger partial charge in [0, 0.05) is 5.69 Å². The molecule has 2 aromatic carbocycles. The van der Waals surface area contributed by atoms with Crippen LogP contribution in [0.4, 0.5) is 11.4 Å². The van der Waals surface area contributed by atoms with Crippen LogP contribution in [0, 0.1) is 6.92 Å². The fourth-order valence-corrected chi connectivity index (χ4v) is 2.77. The van der Waals surface area contributed by atoms with E-state index in [4.69, 9.17) is 34.8 Å². The molecule has 4 nitrogen and oxygen atoms in total. The van der Waals surface area contributed by atoms with Crippen molar-refractivity contribution in [3.05, 3.63) is 68.8 Å². The van der Waals surface area contributed by atoms with Gasteiger partial charge in [0.25, 0.3) is 11.8 Å². The van der Waals surface area contributed by atoms with Crippen molar-refractivity contribution in [2.45, 2.75) is 6.92 Å². The van der Waals surface area contributed by atoms with Crippen molar-refractivity contribution in [2.24, 2.45) is 0 Å². The topological polar surface area (TPSA) is 49.4 Å². The molecule has 0 fully saturated rings. The third kappa shape index (κ3) is 3.00. The Morgan fingerprint density at radius 2 is 1.54 bits per heavy atom. The van der Waals surface area contributed by atoms with Crippen LogP contribution < -0.4 is 10.2 Å². The SMILES string of the molecule is Cc1ccc(N2C(=O)C(Cl)=C(Nc3ccc(Cl)c(Cl)c3)C2=O)cc1. The molecule has 2 amide bonds. The zero-order valence-electron chi connectivity index (χ0n) is 12.4. The zero-order valence-corrected chi connectivity index (χ0v) is 14.7. The molecule has 0 bridgehead atoms. The lowest BCUT2D eigenvalue weighted by Crippen LogP contribution is -2.32. The van der Waals surface area contributed by atoms with Crippen LogP contribution in [0.2, 0.25) is 10.0 Å². The molecule has 24 heavy (non-hydrogen) atoms. The summed E-state index contributed by atoms with van der Waals surface area (Å²) in [6.45, 7) is 1.92. The summed E-state index contributed by atoms with van der Waals surface area (Å²) in [5.74, 6) is -1.10. The molecule has 0 aromatic heterocycles. The Morgan fingerprint density at radius 3 is 2.17 bits per heavy atom. The first-order chi connectivity index (χ1) is 11.4. The predicted molar refractivity (Wildman–Crippen MR) is 96.6 cm³/mol. The lowest BCUT2D eigenvalue weighted by atomic mass is 10.2. The molecule has 0 aliphatic carbocycles. The number of hydrogen-bond donors (Lipinski definition) is 1. The molecule has 7 heteroatoms. The van der Waals surface area contributed by atoms with Crippen molar-refractivity contribution in [2.75, 3.05) is 10.2 Å². The molecule has 0 atom stereocenters. The van der Waals surface area contributed by atoms with Crippen LogP contribution in [0.5, 0.6) is 0 Å². The van der Waals surface area contributed by atoms with Gasteiger partial charge in [0.15, 0.2) is 0 Å². The largest absolute Gasteiger partial charge is 0.350 e. The summed E-state index contributed by atoms with van der Waals surface area (Å²) in [4.78, 5) is 26.0. The molecule has 1 N–H and O–H groups in total. The summed E-state index contributed by atoms with van der Waals surface area (Å²) in [7, 11) is 0. The number of carbonyl (C=O) groups is 2. The fraction of sp³-hybridized carbons (Fsp3) is 0.0588. The normalized spacial score (nSPS) is 14.6. The van der Waals surface area contributed by atoms with E-state index in [0.29, 0.717) is 21.4 Å². The lowest BCUT2D eigenvalue weighted by molar-refractivity contribution is -0.120. The number of nitrogens with zero attached hydrogens (tertiary/aromatic N) is 1. The van der Waals surface area contributed by atoms with Crippen LogP contribution in [0.1, 0.15) is 5.56 Å². The van der Waals surface area contributed by atoms with Crippen LogP contribution in [0.15, 0.2) is 53.2 Å². The van der Waals surface area contributed by atoms with Crippen LogP contribution in [-0.2, 0) is 9.59 Å². The Morgan fingerprint density at radius 1 is 0.875 bits per heavy atom. The van der Waals surface area contributed by atoms with Crippen molar-refractivity contribution < 1.29 is 9.59 Å². The minimum absolute atomic E-state index is 0.000584. The Bertz CT molecular complexity index is 876. The maximum Gasteiger partial charge on any atom is 0.283 e. The number of anilines is 2. The van der Waals surface area contributed by atoms with E-state index in [2.05, 4.69) is 5.32 Å². The molecule has 0 spiro atoms. The van der Waals surface area contributed by atoms with Crippen molar-refractivity contribution in [1.29, 1.82) is 0 Å². The number of imide groups is 1. The van der Waals surface area contributed by atoms with E-state index >= 15 is 0 Å². The first-order valence-electron chi connectivity index (χ1n) is 6.96. The Balaban J connectivity index is 1.91. The van der Waals surface area contributed by atoms with Gasteiger partial charge in [-0.1, -0.05) is 52.5 Å². The summed E-state index contributed by atoms with van der Waals surface area (Å²) in [5.41, 5.74) is 1.98. The molecule has 2 aromatic rings. The number of hydrogen-bond acceptors (Lipinski definition) is 3. The maximum atomic E-state index is 12.6. The Hall–Kier alpha value is -2.01. The number of carbonyl (C=O) groups excluding carboxylic acids is 2. The highest BCUT2D eigenvalue weighted by molar-refractivity contribution is 6.53. The lowest BCUT2D eigenvalue weighted by Gasteiger charge is -2.15. The Kier molecular flexibility index (Phi) is 4.54. The van der Waals surface area contributed by atoms with Gasteiger partial charge in [0.05, 0.1) is 15.7 Å². The van der Waals surface area contributed by atoms with Gasteiger partial charge in [-0.15, -0.1) is 0 Å². The second-order valence-electron chi connectivity index (χ2n) is 5.22. The van der Waals surface area contributed by atoms with Crippen molar-refractivity contribution >= 4 is 58.0 Å². The van der Waals surface area contributed by atoms with Crippen LogP contribution in [0.25, 0.3) is 0 Å². The van der Waals surface area contributed by atoms with E-state index in [1.807, 2.05) is 19.1 Å². The molecule has 0 saturated carbocycles. The predicted octanol–water partition coefficient (Wildman–Crippen LogP) is 4.74. The average molecular weight is 382 g/mol. The highest BCUT2D eigenvalue weighted by atomic mass is 35.5. The number of benzene rings is 2. The first kappa shape index (κ1) is 16.8. The molecular weight excluding hydrogens is 371 g/mol. The van der Waals surface area contributed by atoms with E-state index in [1.54, 1.807) is 30.3 Å². The van der Waals surface area contributed by atoms with Crippen LogP contribution >= 0.6 is 34.8 Å². The van der Waals surface area contributed by atoms with Gasteiger partial charge in [-0.3, -0.25) is 9.59 Å². The van der Waals surface area contributed by atoms with Gasteiger partial charge >= 0.3 is 0 Å². The first-order valence-corrected chi connectivity index (χ1v) is 8.09. The molecule has 122 valence electrons. The number of nitrogens with one attached hydrogen (secondary N) is 1. The molecule has 1 aliphatic rings. The molecule has 0 saturated heterocycles. The smallest absolute Gasteiger partial charge is 0.283 e. The fourth-order valence-electron chi connectivity index (χ4n) is 2.26. The number of aryl methyl sites for hydroxylation is 1. The summed E-state index contributed by atoms with van der Waals surface area (Å²) in [6.07, 6.45) is 0. The number of halogens is 3. The second-order valence-corrected chi connectivity index (χ2v) is 6.42. The van der Waals surface area contributed by atoms with E-state index in [1.165, 1.54) is 0 Å². The minimum Gasteiger partial charge on any atom is -0.350 e. The van der Waals surface area contributed by atoms with Crippen molar-refractivity contribution in [3.63, 3.8) is 0 Å². The molecule has 0 unspecified atom stereocenters. The van der Waals surface area contributed by atoms with Gasteiger partial charge in [0.2, 0.25) is 0 Å². The van der Waals surface area contributed by atoms with Gasteiger partial charge in [-0.2, -0.15) is 0 Å². The second kappa shape index (κ2) is 6.48. The van der Waals surface area contributed by atoms with E-state index in [-0.39, 0.29) is 10.7 Å². The summed E-state index contributed by atoms with van der Waals surface area (Å²) >= 11 is 17.9. The summed E-state index contributed by atoms with van der Waals surface area (Å²) in [6, 6.07) is 11.8. The molecule has 0 radical (unpaired) electrons.